The summed E-state index contributed by atoms with van der Waals surface area (Å²) in [5.41, 5.74) is 0.962. The van der Waals surface area contributed by atoms with Crippen LogP contribution in [0.2, 0.25) is 0 Å². The average molecular weight is 625 g/mol. The van der Waals surface area contributed by atoms with Gasteiger partial charge in [-0.05, 0) is 54.8 Å². The highest BCUT2D eigenvalue weighted by atomic mass is 16.7. The van der Waals surface area contributed by atoms with Gasteiger partial charge < -0.3 is 69.6 Å². The lowest BCUT2D eigenvalue weighted by molar-refractivity contribution is -0.357. The molecule has 0 unspecified atom stereocenters. The smallest absolute Gasteiger partial charge is 0.330 e. The summed E-state index contributed by atoms with van der Waals surface area (Å²) >= 11 is 0. The van der Waals surface area contributed by atoms with Crippen LogP contribution in [-0.4, -0.2) is 127 Å². The zero-order valence-electron chi connectivity index (χ0n) is 23.5. The Balaban J connectivity index is 1.44. The van der Waals surface area contributed by atoms with E-state index in [2.05, 4.69) is 0 Å². The summed E-state index contributed by atoms with van der Waals surface area (Å²) in [6, 6.07) is 8.05. The van der Waals surface area contributed by atoms with Gasteiger partial charge in [0.05, 0.1) is 12.7 Å². The second kappa shape index (κ2) is 14.5. The summed E-state index contributed by atoms with van der Waals surface area (Å²) < 4.78 is 27.7. The molecule has 2 aromatic rings. The number of aromatic hydroxyl groups is 4. The predicted octanol–water partition coefficient (Wildman–Crippen LogP) is -1.02. The van der Waals surface area contributed by atoms with Gasteiger partial charge in [0.15, 0.2) is 35.6 Å². The van der Waals surface area contributed by atoms with Gasteiger partial charge in [-0.25, -0.2) is 4.79 Å². The number of carbonyl (C=O) groups excluding carboxylic acids is 1. The van der Waals surface area contributed by atoms with E-state index in [0.29, 0.717) is 11.1 Å². The van der Waals surface area contributed by atoms with E-state index in [4.69, 9.17) is 23.7 Å². The summed E-state index contributed by atoms with van der Waals surface area (Å²) in [7, 11) is 0. The Kier molecular flexibility index (Phi) is 11.0. The van der Waals surface area contributed by atoms with Crippen molar-refractivity contribution in [2.45, 2.75) is 74.8 Å². The van der Waals surface area contributed by atoms with Crippen molar-refractivity contribution in [3.05, 3.63) is 53.6 Å². The number of hydrogen-bond donors (Lipinski definition) is 9. The van der Waals surface area contributed by atoms with E-state index < -0.39 is 74.0 Å². The SMILES string of the molecule is C[C@H]1O[C@@H](O[C@@H]2[C@@H](O)[C@H](OCCc3ccc(O)c(O)c3)O[C@H](COC(=O)/C=C/c3ccc(O)c(O)c3)[C@H]2O)[C@@H](O)[C@@H](O)[C@@H]1O. The number of ether oxygens (including phenoxy) is 5. The summed E-state index contributed by atoms with van der Waals surface area (Å²) in [4.78, 5) is 12.4. The van der Waals surface area contributed by atoms with Crippen molar-refractivity contribution in [1.82, 2.24) is 0 Å². The van der Waals surface area contributed by atoms with Gasteiger partial charge in [0.2, 0.25) is 0 Å². The van der Waals surface area contributed by atoms with Crippen LogP contribution < -0.4 is 0 Å². The molecular formula is C29H36O15. The van der Waals surface area contributed by atoms with Crippen molar-refractivity contribution in [3.8, 4) is 23.0 Å². The minimum Gasteiger partial charge on any atom is -0.504 e. The van der Waals surface area contributed by atoms with Crippen molar-refractivity contribution < 1.29 is 74.4 Å². The molecule has 15 nitrogen and oxygen atoms in total. The van der Waals surface area contributed by atoms with E-state index in [9.17, 15) is 50.8 Å². The quantitative estimate of drug-likeness (QED) is 0.0873. The normalized spacial score (nSPS) is 32.5. The standard InChI is InChI=1S/C29H36O15/c1-13-22(35)24(37)25(38)29(42-13)44-27-23(36)20(12-41-21(34)7-4-14-2-5-16(30)18(32)10-14)43-28(26(27)39)40-9-8-15-3-6-17(31)19(33)11-15/h2-7,10-11,13,20,22-33,35-39H,8-9,12H2,1H3/b7-4+/t13-,20-,22-,23-,24+,25+,26-,27+,28-,29+/m1/s1. The highest BCUT2D eigenvalue weighted by Crippen LogP contribution is 2.31. The van der Waals surface area contributed by atoms with Gasteiger partial charge >= 0.3 is 5.97 Å². The first-order chi connectivity index (χ1) is 20.8. The third kappa shape index (κ3) is 7.95. The maximum Gasteiger partial charge on any atom is 0.330 e. The molecule has 0 amide bonds. The Morgan fingerprint density at radius 2 is 1.48 bits per heavy atom. The van der Waals surface area contributed by atoms with E-state index in [1.807, 2.05) is 0 Å². The Bertz CT molecular complexity index is 1300. The molecule has 4 rings (SSSR count). The molecule has 44 heavy (non-hydrogen) atoms. The fourth-order valence-electron chi connectivity index (χ4n) is 4.66. The molecule has 242 valence electrons. The minimum absolute atomic E-state index is 0.0754. The first-order valence-electron chi connectivity index (χ1n) is 13.7. The topological polar surface area (TPSA) is 245 Å². The van der Waals surface area contributed by atoms with E-state index in [-0.39, 0.29) is 36.0 Å². The fourth-order valence-corrected chi connectivity index (χ4v) is 4.66. The zero-order valence-corrected chi connectivity index (χ0v) is 23.5. The molecule has 10 atom stereocenters. The largest absolute Gasteiger partial charge is 0.504 e. The molecule has 9 N–H and O–H groups in total. The number of phenolic OH excluding ortho intramolecular Hbond substituents is 4. The van der Waals surface area contributed by atoms with E-state index in [1.54, 1.807) is 6.07 Å². The van der Waals surface area contributed by atoms with Crippen molar-refractivity contribution in [2.75, 3.05) is 13.2 Å². The molecule has 15 heteroatoms. The van der Waals surface area contributed by atoms with Gasteiger partial charge in [-0.3, -0.25) is 0 Å². The molecule has 2 aliphatic rings. The lowest BCUT2D eigenvalue weighted by Gasteiger charge is -2.45. The van der Waals surface area contributed by atoms with Gasteiger partial charge in [-0.15, -0.1) is 0 Å². The highest BCUT2D eigenvalue weighted by Gasteiger charge is 2.50. The van der Waals surface area contributed by atoms with Crippen LogP contribution in [0.25, 0.3) is 6.08 Å². The molecule has 2 heterocycles. The van der Waals surface area contributed by atoms with Crippen molar-refractivity contribution in [2.24, 2.45) is 0 Å². The summed E-state index contributed by atoms with van der Waals surface area (Å²) in [5, 5.41) is 90.8. The fraction of sp³-hybridized carbons (Fsp3) is 0.483. The molecule has 0 aromatic heterocycles. The van der Waals surface area contributed by atoms with Gasteiger partial charge in [0.1, 0.15) is 49.3 Å². The maximum absolute atomic E-state index is 12.4. The monoisotopic (exact) mass is 624 g/mol. The molecule has 2 saturated heterocycles. The average Bonchev–Trinajstić information content (AvgIpc) is 2.99. The number of benzene rings is 2. The van der Waals surface area contributed by atoms with E-state index >= 15 is 0 Å². The Labute approximate surface area is 251 Å². The molecule has 2 aliphatic heterocycles. The summed E-state index contributed by atoms with van der Waals surface area (Å²) in [6.07, 6.45) is -12.5. The zero-order chi connectivity index (χ0) is 32.1. The molecule has 0 spiro atoms. The number of rotatable bonds is 10. The maximum atomic E-state index is 12.4. The van der Waals surface area contributed by atoms with E-state index in [0.717, 1.165) is 6.08 Å². The van der Waals surface area contributed by atoms with Crippen molar-refractivity contribution in [3.63, 3.8) is 0 Å². The van der Waals surface area contributed by atoms with Crippen LogP contribution in [-0.2, 0) is 34.9 Å². The molecule has 0 radical (unpaired) electrons. The first kappa shape index (κ1) is 33.4. The number of aliphatic hydroxyl groups excluding tert-OH is 5. The third-order valence-corrected chi connectivity index (χ3v) is 7.26. The minimum atomic E-state index is -1.74. The molecule has 0 bridgehead atoms. The van der Waals surface area contributed by atoms with Crippen LogP contribution in [0.15, 0.2) is 42.5 Å². The molecule has 2 fully saturated rings. The lowest BCUT2D eigenvalue weighted by atomic mass is 9.97. The van der Waals surface area contributed by atoms with E-state index in [1.165, 1.54) is 43.3 Å². The predicted molar refractivity (Wildman–Crippen MR) is 147 cm³/mol. The van der Waals surface area contributed by atoms with Gasteiger partial charge in [-0.1, -0.05) is 12.1 Å². The molecule has 0 saturated carbocycles. The van der Waals surface area contributed by atoms with Gasteiger partial charge in [-0.2, -0.15) is 0 Å². The van der Waals surface area contributed by atoms with Gasteiger partial charge in [0, 0.05) is 6.08 Å². The number of carbonyl (C=O) groups is 1. The van der Waals surface area contributed by atoms with Crippen LogP contribution in [0.1, 0.15) is 18.1 Å². The Hall–Kier alpha value is -3.51. The Morgan fingerprint density at radius 3 is 2.16 bits per heavy atom. The number of esters is 1. The van der Waals surface area contributed by atoms with Crippen molar-refractivity contribution >= 4 is 12.0 Å². The van der Waals surface area contributed by atoms with Crippen LogP contribution in [0, 0.1) is 0 Å². The summed E-state index contributed by atoms with van der Waals surface area (Å²) in [6.45, 7) is 0.804. The van der Waals surface area contributed by atoms with Crippen LogP contribution in [0.3, 0.4) is 0 Å². The highest BCUT2D eigenvalue weighted by molar-refractivity contribution is 5.87. The van der Waals surface area contributed by atoms with Crippen LogP contribution in [0.4, 0.5) is 0 Å². The second-order valence-corrected chi connectivity index (χ2v) is 10.5. The van der Waals surface area contributed by atoms with Gasteiger partial charge in [0.25, 0.3) is 0 Å². The van der Waals surface area contributed by atoms with Crippen LogP contribution >= 0.6 is 0 Å². The van der Waals surface area contributed by atoms with Crippen molar-refractivity contribution in [1.29, 1.82) is 0 Å². The molecule has 0 aliphatic carbocycles. The second-order valence-electron chi connectivity index (χ2n) is 10.5. The third-order valence-electron chi connectivity index (χ3n) is 7.26. The summed E-state index contributed by atoms with van der Waals surface area (Å²) in [5.74, 6) is -2.23. The number of phenols is 4. The Morgan fingerprint density at radius 1 is 0.795 bits per heavy atom. The lowest BCUT2D eigenvalue weighted by Crippen LogP contribution is -2.64. The van der Waals surface area contributed by atoms with Crippen LogP contribution in [0.5, 0.6) is 23.0 Å². The number of aliphatic hydroxyl groups is 5. The first-order valence-corrected chi connectivity index (χ1v) is 13.7. The molecule has 2 aromatic carbocycles. The molecular weight excluding hydrogens is 588 g/mol. The number of hydrogen-bond acceptors (Lipinski definition) is 15.